The van der Waals surface area contributed by atoms with Crippen molar-refractivity contribution in [3.05, 3.63) is 0 Å². The lowest BCUT2D eigenvalue weighted by Gasteiger charge is -2.41. The molecular formula is C36H61N5O7S. The van der Waals surface area contributed by atoms with Crippen molar-refractivity contribution in [1.82, 2.24) is 26.2 Å². The smallest absolute Gasteiger partial charge is 0.315 e. The van der Waals surface area contributed by atoms with Gasteiger partial charge in [0.25, 0.3) is 5.91 Å². The Kier molecular flexibility index (Phi) is 11.3. The summed E-state index contributed by atoms with van der Waals surface area (Å²) < 4.78 is 25.6. The molecule has 3 aliphatic carbocycles. The predicted molar refractivity (Wildman–Crippen MR) is 188 cm³/mol. The van der Waals surface area contributed by atoms with Crippen LogP contribution in [0, 0.1) is 22.7 Å². The second-order valence-corrected chi connectivity index (χ2v) is 20.6. The van der Waals surface area contributed by atoms with Gasteiger partial charge in [-0.3, -0.25) is 19.2 Å². The van der Waals surface area contributed by atoms with Gasteiger partial charge in [-0.25, -0.2) is 13.2 Å². The quantitative estimate of drug-likeness (QED) is 0.212. The molecule has 0 unspecified atom stereocenters. The Morgan fingerprint density at radius 3 is 2.06 bits per heavy atom. The molecule has 4 aliphatic rings. The third kappa shape index (κ3) is 8.79. The number of ketones is 1. The van der Waals surface area contributed by atoms with Crippen molar-refractivity contribution in [2.45, 2.75) is 161 Å². The van der Waals surface area contributed by atoms with Crippen molar-refractivity contribution in [3.8, 4) is 0 Å². The maximum atomic E-state index is 14.5. The highest BCUT2D eigenvalue weighted by molar-refractivity contribution is 7.92. The van der Waals surface area contributed by atoms with Gasteiger partial charge in [0, 0.05) is 12.6 Å². The first-order valence-corrected chi connectivity index (χ1v) is 20.0. The SMILES string of the molecule is CCCC[C@H](NC(=O)[C@@H]1[C@@H]2[C@@H](CN1C(=O)[C@H](NC(=O)NC1(CS(=O)(=O)C(C)(C)C)CCCCC1)C(C)(C)C)C2(C)C)C(=O)C(=O)NC1CC1. The van der Waals surface area contributed by atoms with E-state index in [1.807, 2.05) is 27.7 Å². The Labute approximate surface area is 293 Å². The van der Waals surface area contributed by atoms with E-state index in [-0.39, 0.29) is 29.0 Å². The zero-order chi connectivity index (χ0) is 36.7. The van der Waals surface area contributed by atoms with Crippen LogP contribution in [0.25, 0.3) is 0 Å². The fourth-order valence-electron chi connectivity index (χ4n) is 7.73. The van der Waals surface area contributed by atoms with Crippen LogP contribution >= 0.6 is 0 Å². The second kappa shape index (κ2) is 14.1. The first kappa shape index (κ1) is 39.1. The molecule has 49 heavy (non-hydrogen) atoms. The van der Waals surface area contributed by atoms with Crippen LogP contribution in [0.4, 0.5) is 4.79 Å². The van der Waals surface area contributed by atoms with Crippen molar-refractivity contribution in [2.75, 3.05) is 12.3 Å². The second-order valence-electron chi connectivity index (χ2n) is 17.8. The highest BCUT2D eigenvalue weighted by Gasteiger charge is 2.70. The maximum absolute atomic E-state index is 14.5. The van der Waals surface area contributed by atoms with Crippen LogP contribution < -0.4 is 21.3 Å². The summed E-state index contributed by atoms with van der Waals surface area (Å²) in [5.41, 5.74) is -1.90. The molecule has 13 heteroatoms. The molecule has 1 aliphatic heterocycles. The topological polar surface area (TPSA) is 171 Å². The fourth-order valence-corrected chi connectivity index (χ4v) is 9.25. The molecule has 0 bridgehead atoms. The van der Waals surface area contributed by atoms with Crippen molar-refractivity contribution >= 4 is 39.4 Å². The zero-order valence-corrected chi connectivity index (χ0v) is 32.0. The summed E-state index contributed by atoms with van der Waals surface area (Å²) in [7, 11) is -3.56. The first-order valence-electron chi connectivity index (χ1n) is 18.3. The van der Waals surface area contributed by atoms with E-state index >= 15 is 0 Å². The molecule has 0 radical (unpaired) electrons. The van der Waals surface area contributed by atoms with Gasteiger partial charge < -0.3 is 26.2 Å². The van der Waals surface area contributed by atoms with Crippen molar-refractivity contribution < 1.29 is 32.4 Å². The van der Waals surface area contributed by atoms with Crippen molar-refractivity contribution in [1.29, 1.82) is 0 Å². The number of hydrogen-bond donors (Lipinski definition) is 4. The number of nitrogens with one attached hydrogen (secondary N) is 4. The van der Waals surface area contributed by atoms with E-state index in [4.69, 9.17) is 0 Å². The number of amides is 5. The number of rotatable bonds is 13. The molecule has 3 saturated carbocycles. The standard InChI is InChI=1S/C36H61N5O7S/c1-10-11-15-24(27(42)30(44)37-22-16-17-22)38-29(43)26-25-23(35(25,8)9)20-41(26)31(45)28(33(2,3)4)39-32(46)40-36(18-13-12-14-19-36)21-49(47,48)34(5,6)7/h22-26,28H,10-21H2,1-9H3,(H,37,44)(H,38,43)(H2,39,40,46)/t23-,24+,25+,26+,28+/m1/s1. The molecule has 278 valence electrons. The average molecular weight is 708 g/mol. The average Bonchev–Trinajstić information content (AvgIpc) is 3.83. The molecule has 1 saturated heterocycles. The van der Waals surface area contributed by atoms with Gasteiger partial charge in [-0.1, -0.05) is 73.6 Å². The summed E-state index contributed by atoms with van der Waals surface area (Å²) in [5, 5.41) is 11.5. The minimum atomic E-state index is -3.56. The summed E-state index contributed by atoms with van der Waals surface area (Å²) in [6.07, 6.45) is 6.97. The largest absolute Gasteiger partial charge is 0.347 e. The Morgan fingerprint density at radius 2 is 1.53 bits per heavy atom. The monoisotopic (exact) mass is 707 g/mol. The minimum absolute atomic E-state index is 0.00450. The molecule has 0 spiro atoms. The van der Waals surface area contributed by atoms with Gasteiger partial charge in [-0.15, -0.1) is 0 Å². The number of carbonyl (C=O) groups excluding carboxylic acids is 5. The van der Waals surface area contributed by atoms with E-state index in [0.29, 0.717) is 32.2 Å². The molecule has 1 heterocycles. The Morgan fingerprint density at radius 1 is 0.918 bits per heavy atom. The van der Waals surface area contributed by atoms with Gasteiger partial charge in [0.15, 0.2) is 9.84 Å². The van der Waals surface area contributed by atoms with Crippen molar-refractivity contribution in [2.24, 2.45) is 22.7 Å². The van der Waals surface area contributed by atoms with Crippen LogP contribution in [-0.2, 0) is 29.0 Å². The molecule has 4 fully saturated rings. The number of nitrogens with zero attached hydrogens (tertiary/aromatic N) is 1. The fraction of sp³-hybridized carbons (Fsp3) is 0.861. The Balaban J connectivity index is 1.54. The molecule has 12 nitrogen and oxygen atoms in total. The molecule has 0 aromatic carbocycles. The van der Waals surface area contributed by atoms with Crippen LogP contribution in [0.5, 0.6) is 0 Å². The van der Waals surface area contributed by atoms with Crippen LogP contribution in [0.1, 0.15) is 127 Å². The summed E-state index contributed by atoms with van der Waals surface area (Å²) >= 11 is 0. The number of hydrogen-bond acceptors (Lipinski definition) is 7. The number of sulfone groups is 1. The number of likely N-dealkylation sites (tertiary alicyclic amines) is 1. The lowest BCUT2D eigenvalue weighted by atomic mass is 9.83. The molecule has 4 N–H and O–H groups in total. The highest BCUT2D eigenvalue weighted by atomic mass is 32.2. The van der Waals surface area contributed by atoms with Crippen LogP contribution in [0.3, 0.4) is 0 Å². The minimum Gasteiger partial charge on any atom is -0.347 e. The van der Waals surface area contributed by atoms with E-state index in [1.165, 1.54) is 4.90 Å². The number of urea groups is 1. The molecule has 5 atom stereocenters. The van der Waals surface area contributed by atoms with Crippen LogP contribution in [0.2, 0.25) is 0 Å². The molecular weight excluding hydrogens is 646 g/mol. The third-order valence-electron chi connectivity index (χ3n) is 11.4. The molecule has 5 amide bonds. The number of carbonyl (C=O) groups is 5. The van der Waals surface area contributed by atoms with E-state index in [0.717, 1.165) is 38.5 Å². The van der Waals surface area contributed by atoms with Gasteiger partial charge in [-0.2, -0.15) is 0 Å². The Hall–Kier alpha value is -2.70. The highest BCUT2D eigenvalue weighted by Crippen LogP contribution is 2.65. The van der Waals surface area contributed by atoms with E-state index in [9.17, 15) is 32.4 Å². The van der Waals surface area contributed by atoms with Crippen molar-refractivity contribution in [3.63, 3.8) is 0 Å². The molecule has 0 aromatic rings. The summed E-state index contributed by atoms with van der Waals surface area (Å²) in [5.74, 6) is -2.50. The lowest BCUT2D eigenvalue weighted by Crippen LogP contribution is -2.64. The van der Waals surface area contributed by atoms with Gasteiger partial charge in [0.05, 0.1) is 22.1 Å². The normalized spacial score (nSPS) is 25.7. The third-order valence-corrected chi connectivity index (χ3v) is 14.2. The van der Waals surface area contributed by atoms with Gasteiger partial charge in [0.2, 0.25) is 17.6 Å². The summed E-state index contributed by atoms with van der Waals surface area (Å²) in [6.45, 7) is 16.9. The summed E-state index contributed by atoms with van der Waals surface area (Å²) in [4.78, 5) is 69.7. The first-order chi connectivity index (χ1) is 22.5. The van der Waals surface area contributed by atoms with Gasteiger partial charge in [-0.05, 0) is 75.5 Å². The number of Topliss-reactive ketones (excluding diaryl/α,β-unsaturated/α-hetero) is 1. The molecule has 4 rings (SSSR count). The Bertz CT molecular complexity index is 1400. The predicted octanol–water partition coefficient (Wildman–Crippen LogP) is 3.62. The van der Waals surface area contributed by atoms with Gasteiger partial charge >= 0.3 is 6.03 Å². The van der Waals surface area contributed by atoms with Gasteiger partial charge in [0.1, 0.15) is 12.1 Å². The molecule has 0 aromatic heterocycles. The zero-order valence-electron chi connectivity index (χ0n) is 31.2. The van der Waals surface area contributed by atoms with E-state index in [1.54, 1.807) is 20.8 Å². The summed E-state index contributed by atoms with van der Waals surface area (Å²) in [6, 6.07) is -3.50. The number of unbranched alkanes of at least 4 members (excludes halogenated alkanes) is 1. The number of piperidine rings is 1. The number of fused-ring (bicyclic) bond motifs is 1. The van der Waals surface area contributed by atoms with E-state index < -0.39 is 73.2 Å². The van der Waals surface area contributed by atoms with Crippen LogP contribution in [-0.4, -0.2) is 89.6 Å². The lowest BCUT2D eigenvalue weighted by molar-refractivity contribution is -0.145. The van der Waals surface area contributed by atoms with Crippen LogP contribution in [0.15, 0.2) is 0 Å². The maximum Gasteiger partial charge on any atom is 0.315 e. The van der Waals surface area contributed by atoms with E-state index in [2.05, 4.69) is 35.1 Å².